The van der Waals surface area contributed by atoms with Gasteiger partial charge >= 0.3 is 5.63 Å². The number of rotatable bonds is 2. The second-order valence-corrected chi connectivity index (χ2v) is 10.3. The average Bonchev–Trinajstić information content (AvgIpc) is 3.05. The van der Waals surface area contributed by atoms with Crippen molar-refractivity contribution >= 4 is 0 Å². The van der Waals surface area contributed by atoms with E-state index in [1.807, 2.05) is 6.07 Å². The summed E-state index contributed by atoms with van der Waals surface area (Å²) >= 11 is 0. The summed E-state index contributed by atoms with van der Waals surface area (Å²) in [6.45, 7) is 2.34. The van der Waals surface area contributed by atoms with Crippen LogP contribution in [0.1, 0.15) is 69.8 Å². The number of hydrogen-bond acceptors (Lipinski definition) is 5. The SMILES string of the molecule is C[C@]12CC[C@H]3[C@@H](CC[C@]4(O)C[C@@H](O)CC[C@]34CO)C1=CC[C@@H]2c1ccc(=O)oc1. The minimum absolute atomic E-state index is 0.00531. The standard InChI is InChI=1S/C24H32O5/c1-22-9-8-20-17(7-11-24(28)12-16(26)6-10-23(20,24)14-25)19(22)4-3-18(22)15-2-5-21(27)29-13-15/h2,4-5,13,16-18,20,25-26,28H,3,6-12,14H2,1H3/t16-,17-,18+,20-,22+,23-,24-/m0/s1. The van der Waals surface area contributed by atoms with Crippen LogP contribution in [0.25, 0.3) is 0 Å². The smallest absolute Gasteiger partial charge is 0.335 e. The number of aliphatic hydroxyl groups excluding tert-OH is 2. The van der Waals surface area contributed by atoms with Crippen molar-refractivity contribution in [2.75, 3.05) is 6.61 Å². The van der Waals surface area contributed by atoms with E-state index in [1.54, 1.807) is 6.26 Å². The maximum atomic E-state index is 11.5. The van der Waals surface area contributed by atoms with Crippen molar-refractivity contribution in [3.8, 4) is 0 Å². The van der Waals surface area contributed by atoms with Gasteiger partial charge in [-0.25, -0.2) is 4.79 Å². The molecule has 5 nitrogen and oxygen atoms in total. The molecule has 0 saturated heterocycles. The molecule has 0 amide bonds. The molecule has 5 heteroatoms. The Kier molecular flexibility index (Phi) is 4.40. The van der Waals surface area contributed by atoms with Crippen LogP contribution in [0.2, 0.25) is 0 Å². The van der Waals surface area contributed by atoms with E-state index in [9.17, 15) is 20.1 Å². The Hall–Kier alpha value is -1.43. The van der Waals surface area contributed by atoms with Crippen LogP contribution in [0.5, 0.6) is 0 Å². The zero-order valence-corrected chi connectivity index (χ0v) is 17.1. The van der Waals surface area contributed by atoms with E-state index in [0.29, 0.717) is 37.5 Å². The van der Waals surface area contributed by atoms with Crippen LogP contribution in [0, 0.1) is 22.7 Å². The summed E-state index contributed by atoms with van der Waals surface area (Å²) in [5, 5.41) is 32.3. The topological polar surface area (TPSA) is 90.9 Å². The lowest BCUT2D eigenvalue weighted by molar-refractivity contribution is -0.223. The summed E-state index contributed by atoms with van der Waals surface area (Å²) in [4.78, 5) is 11.4. The van der Waals surface area contributed by atoms with Gasteiger partial charge in [0.05, 0.1) is 24.6 Å². The Balaban J connectivity index is 1.49. The van der Waals surface area contributed by atoms with Gasteiger partial charge in [-0.2, -0.15) is 0 Å². The Bertz CT molecular complexity index is 869. The first-order chi connectivity index (χ1) is 13.8. The van der Waals surface area contributed by atoms with Gasteiger partial charge in [0.2, 0.25) is 0 Å². The summed E-state index contributed by atoms with van der Waals surface area (Å²) < 4.78 is 5.16. The molecule has 3 N–H and O–H groups in total. The predicted octanol–water partition coefficient (Wildman–Crippen LogP) is 3.13. The molecule has 158 valence electrons. The fourth-order valence-electron chi connectivity index (χ4n) is 7.77. The maximum Gasteiger partial charge on any atom is 0.335 e. The molecule has 4 aliphatic rings. The van der Waals surface area contributed by atoms with E-state index in [2.05, 4.69) is 13.0 Å². The van der Waals surface area contributed by atoms with Gasteiger partial charge < -0.3 is 19.7 Å². The van der Waals surface area contributed by atoms with Gasteiger partial charge in [0, 0.05) is 17.9 Å². The van der Waals surface area contributed by atoms with Gasteiger partial charge in [-0.1, -0.05) is 18.6 Å². The highest BCUT2D eigenvalue weighted by Crippen LogP contribution is 2.68. The van der Waals surface area contributed by atoms with E-state index >= 15 is 0 Å². The summed E-state index contributed by atoms with van der Waals surface area (Å²) in [5.41, 5.74) is 0.809. The van der Waals surface area contributed by atoms with Crippen LogP contribution in [-0.4, -0.2) is 33.6 Å². The molecule has 3 fully saturated rings. The molecule has 1 aromatic heterocycles. The Morgan fingerprint density at radius 3 is 2.72 bits per heavy atom. The van der Waals surface area contributed by atoms with Crippen molar-refractivity contribution in [1.29, 1.82) is 0 Å². The first-order valence-corrected chi connectivity index (χ1v) is 11.1. The largest absolute Gasteiger partial charge is 0.431 e. The lowest BCUT2D eigenvalue weighted by Gasteiger charge is -2.63. The molecule has 7 atom stereocenters. The Morgan fingerprint density at radius 2 is 2.00 bits per heavy atom. The molecular weight excluding hydrogens is 368 g/mol. The third-order valence-corrected chi connectivity index (χ3v) is 9.27. The number of aliphatic hydroxyl groups is 3. The molecule has 0 radical (unpaired) electrons. The second-order valence-electron chi connectivity index (χ2n) is 10.3. The summed E-state index contributed by atoms with van der Waals surface area (Å²) in [5.74, 6) is 0.935. The quantitative estimate of drug-likeness (QED) is 0.664. The highest BCUT2D eigenvalue weighted by Gasteiger charge is 2.64. The third-order valence-electron chi connectivity index (χ3n) is 9.27. The minimum atomic E-state index is -0.963. The van der Waals surface area contributed by atoms with E-state index in [1.165, 1.54) is 11.6 Å². The molecule has 0 bridgehead atoms. The fraction of sp³-hybridized carbons (Fsp3) is 0.708. The van der Waals surface area contributed by atoms with Crippen molar-refractivity contribution in [3.63, 3.8) is 0 Å². The van der Waals surface area contributed by atoms with E-state index in [-0.39, 0.29) is 23.6 Å². The van der Waals surface area contributed by atoms with Crippen molar-refractivity contribution in [1.82, 2.24) is 0 Å². The zero-order chi connectivity index (χ0) is 20.4. The predicted molar refractivity (Wildman–Crippen MR) is 108 cm³/mol. The van der Waals surface area contributed by atoms with Gasteiger partial charge in [-0.15, -0.1) is 0 Å². The van der Waals surface area contributed by atoms with Gasteiger partial charge in [0.15, 0.2) is 0 Å². The molecule has 0 unspecified atom stereocenters. The van der Waals surface area contributed by atoms with Crippen LogP contribution in [0.3, 0.4) is 0 Å². The third kappa shape index (κ3) is 2.60. The zero-order valence-electron chi connectivity index (χ0n) is 17.1. The van der Waals surface area contributed by atoms with Crippen LogP contribution in [0.4, 0.5) is 0 Å². The number of hydrogen-bond donors (Lipinski definition) is 3. The summed E-state index contributed by atoms with van der Waals surface area (Å²) in [7, 11) is 0. The first-order valence-electron chi connectivity index (χ1n) is 11.1. The summed E-state index contributed by atoms with van der Waals surface area (Å²) in [6, 6.07) is 3.42. The molecular formula is C24H32O5. The van der Waals surface area contributed by atoms with E-state index in [0.717, 1.165) is 31.2 Å². The van der Waals surface area contributed by atoms with Crippen molar-refractivity contribution in [3.05, 3.63) is 46.0 Å². The maximum absolute atomic E-state index is 11.5. The van der Waals surface area contributed by atoms with E-state index < -0.39 is 17.1 Å². The number of allylic oxidation sites excluding steroid dienone is 2. The summed E-state index contributed by atoms with van der Waals surface area (Å²) in [6.07, 6.45) is 9.77. The normalized spacial score (nSPS) is 46.4. The molecule has 5 rings (SSSR count). The van der Waals surface area contributed by atoms with E-state index in [4.69, 9.17) is 4.42 Å². The number of fused-ring (bicyclic) bond motifs is 5. The second kappa shape index (κ2) is 6.53. The molecule has 0 aliphatic heterocycles. The Morgan fingerprint density at radius 1 is 1.17 bits per heavy atom. The van der Waals surface area contributed by atoms with Crippen LogP contribution < -0.4 is 5.63 Å². The highest BCUT2D eigenvalue weighted by molar-refractivity contribution is 5.37. The lowest BCUT2D eigenvalue weighted by Crippen LogP contribution is -2.64. The molecule has 29 heavy (non-hydrogen) atoms. The molecule has 0 aromatic carbocycles. The monoisotopic (exact) mass is 400 g/mol. The van der Waals surface area contributed by atoms with Crippen LogP contribution >= 0.6 is 0 Å². The minimum Gasteiger partial charge on any atom is -0.431 e. The van der Waals surface area contributed by atoms with Gasteiger partial charge in [0.25, 0.3) is 0 Å². The van der Waals surface area contributed by atoms with Gasteiger partial charge in [0.1, 0.15) is 0 Å². The van der Waals surface area contributed by atoms with Gasteiger partial charge in [-0.05, 0) is 79.7 Å². The molecule has 3 saturated carbocycles. The Labute approximate surface area is 171 Å². The molecule has 1 aromatic rings. The highest BCUT2D eigenvalue weighted by atomic mass is 16.4. The van der Waals surface area contributed by atoms with Crippen molar-refractivity contribution in [2.24, 2.45) is 22.7 Å². The van der Waals surface area contributed by atoms with Crippen LogP contribution in [-0.2, 0) is 0 Å². The molecule has 0 spiro atoms. The van der Waals surface area contributed by atoms with Crippen molar-refractivity contribution in [2.45, 2.75) is 75.9 Å². The van der Waals surface area contributed by atoms with Crippen molar-refractivity contribution < 1.29 is 19.7 Å². The molecule has 1 heterocycles. The average molecular weight is 401 g/mol. The first kappa shape index (κ1) is 19.5. The molecule has 4 aliphatic carbocycles. The fourth-order valence-corrected chi connectivity index (χ4v) is 7.77. The van der Waals surface area contributed by atoms with Crippen LogP contribution in [0.15, 0.2) is 39.3 Å². The lowest BCUT2D eigenvalue weighted by atomic mass is 9.44. The van der Waals surface area contributed by atoms with Gasteiger partial charge in [-0.3, -0.25) is 0 Å².